The number of aliphatic hydroxyl groups is 1. The molecule has 1 aromatic rings. The van der Waals surface area contributed by atoms with Crippen molar-refractivity contribution in [3.8, 4) is 0 Å². The van der Waals surface area contributed by atoms with Gasteiger partial charge in [0, 0.05) is 6.42 Å². The Kier molecular flexibility index (Phi) is 3.97. The van der Waals surface area contributed by atoms with E-state index in [-0.39, 0.29) is 6.42 Å². The molecule has 1 fully saturated rings. The minimum atomic E-state index is -1.18. The fourth-order valence-corrected chi connectivity index (χ4v) is 2.41. The lowest BCUT2D eigenvalue weighted by atomic mass is 9.83. The number of aromatic nitrogens is 2. The van der Waals surface area contributed by atoms with Crippen LogP contribution in [-0.4, -0.2) is 40.4 Å². The van der Waals surface area contributed by atoms with Gasteiger partial charge in [-0.25, -0.2) is 4.79 Å². The lowest BCUT2D eigenvalue weighted by Gasteiger charge is -2.24. The van der Waals surface area contributed by atoms with Crippen molar-refractivity contribution >= 4 is 5.97 Å². The van der Waals surface area contributed by atoms with E-state index in [1.807, 2.05) is 0 Å². The summed E-state index contributed by atoms with van der Waals surface area (Å²) in [5.41, 5.74) is -3.18. The number of ether oxygens (including phenoxy) is 2. The lowest BCUT2D eigenvalue weighted by molar-refractivity contribution is -0.156. The van der Waals surface area contributed by atoms with Crippen molar-refractivity contribution in [2.45, 2.75) is 25.7 Å². The largest absolute Gasteiger partial charge is 0.469 e. The van der Waals surface area contributed by atoms with Gasteiger partial charge in [0.1, 0.15) is 6.23 Å². The summed E-state index contributed by atoms with van der Waals surface area (Å²) in [5, 5.41) is 9.33. The number of carbonyl (C=O) groups excluding carboxylic acids is 1. The van der Waals surface area contributed by atoms with E-state index in [0.717, 1.165) is 4.57 Å². The Morgan fingerprint density at radius 1 is 1.67 bits per heavy atom. The molecule has 0 aromatic carbocycles. The molecule has 0 amide bonds. The van der Waals surface area contributed by atoms with Gasteiger partial charge in [0.2, 0.25) is 5.82 Å². The molecule has 0 spiro atoms. The molecule has 2 rings (SSSR count). The van der Waals surface area contributed by atoms with Crippen LogP contribution in [0.1, 0.15) is 19.6 Å². The van der Waals surface area contributed by atoms with Gasteiger partial charge < -0.3 is 14.6 Å². The van der Waals surface area contributed by atoms with Crippen molar-refractivity contribution in [2.75, 3.05) is 13.7 Å². The van der Waals surface area contributed by atoms with Gasteiger partial charge >= 0.3 is 11.7 Å². The molecule has 0 bridgehead atoms. The fourth-order valence-electron chi connectivity index (χ4n) is 2.41. The zero-order chi connectivity index (χ0) is 15.8. The normalized spacial score (nSPS) is 28.6. The minimum Gasteiger partial charge on any atom is -0.469 e. The molecule has 1 saturated heterocycles. The average molecular weight is 302 g/mol. The summed E-state index contributed by atoms with van der Waals surface area (Å²) in [6, 6.07) is 0. The molecular weight excluding hydrogens is 287 g/mol. The highest BCUT2D eigenvalue weighted by molar-refractivity contribution is 5.77. The van der Waals surface area contributed by atoms with Crippen LogP contribution in [0.2, 0.25) is 0 Å². The Morgan fingerprint density at radius 3 is 2.90 bits per heavy atom. The van der Waals surface area contributed by atoms with Gasteiger partial charge in [-0.1, -0.05) is 0 Å². The fraction of sp³-hybridized carbons (Fsp3) is 0.583. The molecule has 3 unspecified atom stereocenters. The van der Waals surface area contributed by atoms with Gasteiger partial charge in [0.25, 0.3) is 5.56 Å². The van der Waals surface area contributed by atoms with E-state index in [4.69, 9.17) is 4.74 Å². The highest BCUT2D eigenvalue weighted by Gasteiger charge is 2.52. The number of aliphatic hydroxyl groups excluding tert-OH is 1. The monoisotopic (exact) mass is 302 g/mol. The summed E-state index contributed by atoms with van der Waals surface area (Å²) >= 11 is 0. The number of rotatable bonds is 3. The van der Waals surface area contributed by atoms with Crippen LogP contribution < -0.4 is 11.2 Å². The minimum absolute atomic E-state index is 0.00368. The molecule has 8 nitrogen and oxygen atoms in total. The predicted molar refractivity (Wildman–Crippen MR) is 67.0 cm³/mol. The van der Waals surface area contributed by atoms with E-state index in [9.17, 15) is 23.9 Å². The summed E-state index contributed by atoms with van der Waals surface area (Å²) in [4.78, 5) is 36.4. The first kappa shape index (κ1) is 15.4. The van der Waals surface area contributed by atoms with Crippen molar-refractivity contribution in [1.29, 1.82) is 0 Å². The molecule has 9 heteroatoms. The van der Waals surface area contributed by atoms with Gasteiger partial charge in [-0.05, 0) is 6.92 Å². The first-order valence-corrected chi connectivity index (χ1v) is 6.19. The maximum Gasteiger partial charge on any atom is 0.330 e. The van der Waals surface area contributed by atoms with Crippen LogP contribution in [0.5, 0.6) is 0 Å². The zero-order valence-electron chi connectivity index (χ0n) is 11.5. The summed E-state index contributed by atoms with van der Waals surface area (Å²) in [6.45, 7) is 1.05. The van der Waals surface area contributed by atoms with E-state index >= 15 is 0 Å². The number of hydrogen-bond donors (Lipinski definition) is 2. The van der Waals surface area contributed by atoms with E-state index < -0.39 is 47.4 Å². The molecule has 2 heterocycles. The molecule has 116 valence electrons. The van der Waals surface area contributed by atoms with Crippen LogP contribution >= 0.6 is 0 Å². The Balaban J connectivity index is 2.41. The topological polar surface area (TPSA) is 111 Å². The van der Waals surface area contributed by atoms with Crippen LogP contribution in [0.3, 0.4) is 0 Å². The van der Waals surface area contributed by atoms with Crippen LogP contribution in [0.15, 0.2) is 15.8 Å². The van der Waals surface area contributed by atoms with Crippen molar-refractivity contribution in [1.82, 2.24) is 9.55 Å². The summed E-state index contributed by atoms with van der Waals surface area (Å²) in [6.07, 6.45) is -1.19. The number of esters is 1. The molecule has 21 heavy (non-hydrogen) atoms. The Bertz CT molecular complexity index is 668. The van der Waals surface area contributed by atoms with Gasteiger partial charge in [0.15, 0.2) is 0 Å². The molecule has 2 N–H and O–H groups in total. The van der Waals surface area contributed by atoms with Crippen molar-refractivity contribution in [2.24, 2.45) is 5.41 Å². The molecule has 1 aromatic heterocycles. The van der Waals surface area contributed by atoms with Crippen molar-refractivity contribution < 1.29 is 23.8 Å². The first-order valence-electron chi connectivity index (χ1n) is 6.19. The third kappa shape index (κ3) is 2.49. The number of nitrogens with one attached hydrogen (secondary N) is 1. The lowest BCUT2D eigenvalue weighted by Crippen LogP contribution is -2.39. The van der Waals surface area contributed by atoms with Crippen LogP contribution in [-0.2, 0) is 14.3 Å². The Labute approximate surface area is 118 Å². The molecule has 0 saturated carbocycles. The van der Waals surface area contributed by atoms with Gasteiger partial charge in [-0.3, -0.25) is 19.1 Å². The molecule has 3 atom stereocenters. The molecule has 0 aliphatic carbocycles. The summed E-state index contributed by atoms with van der Waals surface area (Å²) in [7, 11) is 1.20. The van der Waals surface area contributed by atoms with Gasteiger partial charge in [-0.15, -0.1) is 0 Å². The predicted octanol–water partition coefficient (Wildman–Crippen LogP) is -0.865. The van der Waals surface area contributed by atoms with E-state index in [2.05, 4.69) is 4.74 Å². The quantitative estimate of drug-likeness (QED) is 0.703. The second kappa shape index (κ2) is 5.41. The molecule has 1 aliphatic heterocycles. The molecular formula is C12H15FN2O6. The van der Waals surface area contributed by atoms with Gasteiger partial charge in [0.05, 0.1) is 31.4 Å². The first-order chi connectivity index (χ1) is 9.83. The number of halogens is 1. The maximum atomic E-state index is 13.3. The zero-order valence-corrected chi connectivity index (χ0v) is 11.5. The van der Waals surface area contributed by atoms with E-state index in [0.29, 0.717) is 6.20 Å². The van der Waals surface area contributed by atoms with Crippen LogP contribution in [0.25, 0.3) is 0 Å². The second-order valence-corrected chi connectivity index (χ2v) is 5.02. The van der Waals surface area contributed by atoms with E-state index in [1.54, 1.807) is 4.98 Å². The standard InChI is InChI=1S/C12H15FN2O6/c1-12(10(18)20-2)3-8(21-7(12)5-16)15-4-6(13)9(17)14-11(15)19/h4,7-8,16H,3,5H2,1-2H3,(H,14,17,19). The van der Waals surface area contributed by atoms with Gasteiger partial charge in [-0.2, -0.15) is 4.39 Å². The molecule has 0 radical (unpaired) electrons. The number of carbonyl (C=O) groups is 1. The van der Waals surface area contributed by atoms with Crippen LogP contribution in [0, 0.1) is 11.2 Å². The Morgan fingerprint density at radius 2 is 2.33 bits per heavy atom. The number of methoxy groups -OCH3 is 1. The van der Waals surface area contributed by atoms with Crippen molar-refractivity contribution in [3.05, 3.63) is 32.9 Å². The highest BCUT2D eigenvalue weighted by atomic mass is 19.1. The SMILES string of the molecule is COC(=O)C1(C)CC(n2cc(F)c(=O)[nH]c2=O)OC1CO. The second-order valence-electron chi connectivity index (χ2n) is 5.02. The Hall–Kier alpha value is -2.00. The average Bonchev–Trinajstić information content (AvgIpc) is 2.80. The number of nitrogens with zero attached hydrogens (tertiary/aromatic N) is 1. The summed E-state index contributed by atoms with van der Waals surface area (Å²) < 4.78 is 24.3. The number of hydrogen-bond acceptors (Lipinski definition) is 6. The van der Waals surface area contributed by atoms with Crippen LogP contribution in [0.4, 0.5) is 4.39 Å². The highest BCUT2D eigenvalue weighted by Crippen LogP contribution is 2.43. The number of aromatic amines is 1. The van der Waals surface area contributed by atoms with E-state index in [1.165, 1.54) is 14.0 Å². The molecule has 1 aliphatic rings. The van der Waals surface area contributed by atoms with Crippen molar-refractivity contribution in [3.63, 3.8) is 0 Å². The smallest absolute Gasteiger partial charge is 0.330 e. The number of H-pyrrole nitrogens is 1. The maximum absolute atomic E-state index is 13.3. The summed E-state index contributed by atoms with van der Waals surface area (Å²) in [5.74, 6) is -1.76. The third-order valence-corrected chi connectivity index (χ3v) is 3.68. The third-order valence-electron chi connectivity index (χ3n) is 3.68.